The summed E-state index contributed by atoms with van der Waals surface area (Å²) >= 11 is 12.2. The molecule has 18 heavy (non-hydrogen) atoms. The summed E-state index contributed by atoms with van der Waals surface area (Å²) in [6, 6.07) is 7.55. The summed E-state index contributed by atoms with van der Waals surface area (Å²) < 4.78 is 0. The third-order valence-electron chi connectivity index (χ3n) is 3.22. The first-order valence-corrected chi connectivity index (χ1v) is 6.81. The SMILES string of the molecule is Clc1cccc(-c2nc(Cl)c3c(n2)CCCC3)c1. The van der Waals surface area contributed by atoms with Crippen molar-refractivity contribution < 1.29 is 0 Å². The van der Waals surface area contributed by atoms with Crippen molar-refractivity contribution in [2.75, 3.05) is 0 Å². The average Bonchev–Trinajstić information content (AvgIpc) is 2.39. The summed E-state index contributed by atoms with van der Waals surface area (Å²) in [6.45, 7) is 0. The Morgan fingerprint density at radius 2 is 1.83 bits per heavy atom. The van der Waals surface area contributed by atoms with Crippen LogP contribution in [0.3, 0.4) is 0 Å². The molecule has 0 fully saturated rings. The molecule has 1 aliphatic carbocycles. The van der Waals surface area contributed by atoms with E-state index in [-0.39, 0.29) is 0 Å². The molecular formula is C14H12Cl2N2. The second kappa shape index (κ2) is 4.87. The van der Waals surface area contributed by atoms with Gasteiger partial charge in [0.25, 0.3) is 0 Å². The van der Waals surface area contributed by atoms with Crippen molar-refractivity contribution in [1.29, 1.82) is 0 Å². The van der Waals surface area contributed by atoms with Crippen LogP contribution in [-0.2, 0) is 12.8 Å². The van der Waals surface area contributed by atoms with Crippen molar-refractivity contribution in [1.82, 2.24) is 9.97 Å². The number of aromatic nitrogens is 2. The van der Waals surface area contributed by atoms with Gasteiger partial charge in [-0.3, -0.25) is 0 Å². The van der Waals surface area contributed by atoms with E-state index in [2.05, 4.69) is 9.97 Å². The van der Waals surface area contributed by atoms with Gasteiger partial charge in [-0.05, 0) is 37.8 Å². The first-order valence-electron chi connectivity index (χ1n) is 6.05. The third-order valence-corrected chi connectivity index (χ3v) is 3.76. The van der Waals surface area contributed by atoms with Crippen LogP contribution in [0.25, 0.3) is 11.4 Å². The molecule has 0 radical (unpaired) electrons. The van der Waals surface area contributed by atoms with Gasteiger partial charge in [-0.25, -0.2) is 9.97 Å². The Hall–Kier alpha value is -1.12. The van der Waals surface area contributed by atoms with Gasteiger partial charge >= 0.3 is 0 Å². The van der Waals surface area contributed by atoms with Gasteiger partial charge in [-0.2, -0.15) is 0 Å². The van der Waals surface area contributed by atoms with Crippen LogP contribution in [0, 0.1) is 0 Å². The molecule has 0 saturated carbocycles. The smallest absolute Gasteiger partial charge is 0.161 e. The van der Waals surface area contributed by atoms with Gasteiger partial charge in [0.05, 0.1) is 0 Å². The quantitative estimate of drug-likeness (QED) is 0.726. The van der Waals surface area contributed by atoms with Gasteiger partial charge in [-0.15, -0.1) is 0 Å². The van der Waals surface area contributed by atoms with Crippen molar-refractivity contribution in [3.63, 3.8) is 0 Å². The molecule has 0 amide bonds. The van der Waals surface area contributed by atoms with Crippen LogP contribution in [0.4, 0.5) is 0 Å². The zero-order valence-corrected chi connectivity index (χ0v) is 11.3. The molecular weight excluding hydrogens is 267 g/mol. The first-order chi connectivity index (χ1) is 8.74. The van der Waals surface area contributed by atoms with Crippen LogP contribution in [0.5, 0.6) is 0 Å². The molecule has 1 aromatic heterocycles. The lowest BCUT2D eigenvalue weighted by atomic mass is 9.97. The van der Waals surface area contributed by atoms with Crippen LogP contribution in [0.15, 0.2) is 24.3 Å². The van der Waals surface area contributed by atoms with Crippen LogP contribution in [0.2, 0.25) is 10.2 Å². The predicted molar refractivity (Wildman–Crippen MR) is 74.1 cm³/mol. The van der Waals surface area contributed by atoms with Gasteiger partial charge in [-0.1, -0.05) is 35.3 Å². The maximum atomic E-state index is 6.25. The number of rotatable bonds is 1. The standard InChI is InChI=1S/C14H12Cl2N2/c15-10-5-3-4-9(8-10)14-17-12-7-2-1-6-11(12)13(16)18-14/h3-5,8H,1-2,6-7H2. The number of hydrogen-bond donors (Lipinski definition) is 0. The normalized spacial score (nSPS) is 14.3. The highest BCUT2D eigenvalue weighted by Gasteiger charge is 2.17. The summed E-state index contributed by atoms with van der Waals surface area (Å²) in [7, 11) is 0. The van der Waals surface area contributed by atoms with Gasteiger partial charge < -0.3 is 0 Å². The highest BCUT2D eigenvalue weighted by Crippen LogP contribution is 2.28. The minimum absolute atomic E-state index is 0.592. The van der Waals surface area contributed by atoms with Crippen molar-refractivity contribution in [3.05, 3.63) is 45.7 Å². The van der Waals surface area contributed by atoms with Crippen LogP contribution >= 0.6 is 23.2 Å². The van der Waals surface area contributed by atoms with Crippen LogP contribution in [-0.4, -0.2) is 9.97 Å². The van der Waals surface area contributed by atoms with E-state index in [1.54, 1.807) is 0 Å². The summed E-state index contributed by atoms with van der Waals surface area (Å²) in [5.74, 6) is 0.670. The summed E-state index contributed by atoms with van der Waals surface area (Å²) in [5.41, 5.74) is 3.13. The van der Waals surface area contributed by atoms with Crippen molar-refractivity contribution >= 4 is 23.2 Å². The molecule has 0 aliphatic heterocycles. The zero-order valence-electron chi connectivity index (χ0n) is 9.79. The second-order valence-electron chi connectivity index (χ2n) is 4.48. The fraction of sp³-hybridized carbons (Fsp3) is 0.286. The second-order valence-corrected chi connectivity index (χ2v) is 5.28. The van der Waals surface area contributed by atoms with Crippen molar-refractivity contribution in [2.24, 2.45) is 0 Å². The minimum Gasteiger partial charge on any atom is -0.233 e. The Balaban J connectivity index is 2.11. The summed E-state index contributed by atoms with van der Waals surface area (Å²) in [5, 5.41) is 1.28. The Kier molecular flexibility index (Phi) is 3.23. The maximum absolute atomic E-state index is 6.25. The van der Waals surface area contributed by atoms with Crippen LogP contribution < -0.4 is 0 Å². The zero-order chi connectivity index (χ0) is 12.5. The van der Waals surface area contributed by atoms with E-state index in [4.69, 9.17) is 23.2 Å². The number of aryl methyl sites for hydroxylation is 1. The molecule has 92 valence electrons. The number of fused-ring (bicyclic) bond motifs is 1. The molecule has 0 N–H and O–H groups in total. The Bertz CT molecular complexity index is 596. The van der Waals surface area contributed by atoms with E-state index in [1.807, 2.05) is 24.3 Å². The molecule has 1 aromatic carbocycles. The average molecular weight is 279 g/mol. The van der Waals surface area contributed by atoms with Crippen LogP contribution in [0.1, 0.15) is 24.1 Å². The summed E-state index contributed by atoms with van der Waals surface area (Å²) in [6.07, 6.45) is 4.33. The van der Waals surface area contributed by atoms with Gasteiger partial charge in [0, 0.05) is 21.8 Å². The largest absolute Gasteiger partial charge is 0.233 e. The molecule has 1 aliphatic rings. The van der Waals surface area contributed by atoms with Gasteiger partial charge in [0.2, 0.25) is 0 Å². The van der Waals surface area contributed by atoms with Gasteiger partial charge in [0.15, 0.2) is 5.82 Å². The van der Waals surface area contributed by atoms with Crippen molar-refractivity contribution in [3.8, 4) is 11.4 Å². The van der Waals surface area contributed by atoms with E-state index in [0.717, 1.165) is 29.7 Å². The Morgan fingerprint density at radius 3 is 2.67 bits per heavy atom. The molecule has 2 aromatic rings. The molecule has 0 unspecified atom stereocenters. The molecule has 2 nitrogen and oxygen atoms in total. The first kappa shape index (κ1) is 11.9. The molecule has 1 heterocycles. The Labute approximate surface area is 116 Å². The third kappa shape index (κ3) is 2.23. The number of benzene rings is 1. The van der Waals surface area contributed by atoms with E-state index in [0.29, 0.717) is 16.0 Å². The highest BCUT2D eigenvalue weighted by atomic mass is 35.5. The molecule has 0 spiro atoms. The molecule has 3 rings (SSSR count). The fourth-order valence-electron chi connectivity index (χ4n) is 2.30. The Morgan fingerprint density at radius 1 is 1.00 bits per heavy atom. The lowest BCUT2D eigenvalue weighted by Gasteiger charge is -2.16. The minimum atomic E-state index is 0.592. The van der Waals surface area contributed by atoms with Gasteiger partial charge in [0.1, 0.15) is 5.15 Å². The number of halogens is 2. The summed E-state index contributed by atoms with van der Waals surface area (Å²) in [4.78, 5) is 9.02. The lowest BCUT2D eigenvalue weighted by molar-refractivity contribution is 0.663. The van der Waals surface area contributed by atoms with E-state index in [1.165, 1.54) is 12.8 Å². The molecule has 0 bridgehead atoms. The monoisotopic (exact) mass is 278 g/mol. The number of hydrogen-bond acceptors (Lipinski definition) is 2. The maximum Gasteiger partial charge on any atom is 0.161 e. The highest BCUT2D eigenvalue weighted by molar-refractivity contribution is 6.31. The van der Waals surface area contributed by atoms with E-state index >= 15 is 0 Å². The predicted octanol–water partition coefficient (Wildman–Crippen LogP) is 4.33. The van der Waals surface area contributed by atoms with E-state index in [9.17, 15) is 0 Å². The van der Waals surface area contributed by atoms with Crippen molar-refractivity contribution in [2.45, 2.75) is 25.7 Å². The molecule has 4 heteroatoms. The number of nitrogens with zero attached hydrogens (tertiary/aromatic N) is 2. The fourth-order valence-corrected chi connectivity index (χ4v) is 2.78. The molecule has 0 atom stereocenters. The molecule has 0 saturated heterocycles. The van der Waals surface area contributed by atoms with E-state index < -0.39 is 0 Å². The topological polar surface area (TPSA) is 25.8 Å². The lowest BCUT2D eigenvalue weighted by Crippen LogP contribution is -2.08.